The molecule has 5 rings (SSSR count). The summed E-state index contributed by atoms with van der Waals surface area (Å²) in [7, 11) is 0. The SMILES string of the molecule is O=C(c1ccccc1)N1CCN(C(=O)C2c3ccccc3Oc3ccccc32)CC1. The molecule has 2 heterocycles. The number of fused-ring (bicyclic) bond motifs is 2. The Labute approximate surface area is 175 Å². The van der Waals surface area contributed by atoms with Crippen LogP contribution in [0.15, 0.2) is 78.9 Å². The summed E-state index contributed by atoms with van der Waals surface area (Å²) in [4.78, 5) is 30.0. The first kappa shape index (κ1) is 18.4. The predicted octanol–water partition coefficient (Wildman–Crippen LogP) is 3.91. The summed E-state index contributed by atoms with van der Waals surface area (Å²) in [6.07, 6.45) is 0. The van der Waals surface area contributed by atoms with Crippen LogP contribution >= 0.6 is 0 Å². The van der Waals surface area contributed by atoms with Gasteiger partial charge in [0.2, 0.25) is 5.91 Å². The Morgan fingerprint density at radius 2 is 1.17 bits per heavy atom. The van der Waals surface area contributed by atoms with Crippen molar-refractivity contribution in [2.75, 3.05) is 26.2 Å². The Bertz CT molecular complexity index is 1040. The first-order chi connectivity index (χ1) is 14.7. The minimum absolute atomic E-state index is 0.0180. The standard InChI is InChI=1S/C25H22N2O3/c28-24(18-8-2-1-3-9-18)26-14-16-27(17-15-26)25(29)23-19-10-4-6-12-21(19)30-22-13-7-5-11-20(22)23/h1-13,23H,14-17H2. The monoisotopic (exact) mass is 398 g/mol. The molecule has 1 fully saturated rings. The normalized spacial score (nSPS) is 15.7. The van der Waals surface area contributed by atoms with Crippen LogP contribution in [-0.2, 0) is 4.79 Å². The van der Waals surface area contributed by atoms with Gasteiger partial charge in [0.25, 0.3) is 5.91 Å². The lowest BCUT2D eigenvalue weighted by atomic mass is 9.86. The van der Waals surface area contributed by atoms with E-state index in [-0.39, 0.29) is 17.7 Å². The lowest BCUT2D eigenvalue weighted by molar-refractivity contribution is -0.133. The highest BCUT2D eigenvalue weighted by molar-refractivity contribution is 5.94. The number of hydrogen-bond donors (Lipinski definition) is 0. The molecule has 3 aromatic rings. The fourth-order valence-corrected chi connectivity index (χ4v) is 4.25. The molecule has 2 aliphatic rings. The number of ether oxygens (including phenoxy) is 1. The summed E-state index contributed by atoms with van der Waals surface area (Å²) < 4.78 is 6.02. The molecule has 0 atom stereocenters. The van der Waals surface area contributed by atoms with Crippen LogP contribution in [0.5, 0.6) is 11.5 Å². The molecule has 150 valence electrons. The Kier molecular flexibility index (Phi) is 4.71. The van der Waals surface area contributed by atoms with E-state index < -0.39 is 0 Å². The minimum atomic E-state index is -0.387. The van der Waals surface area contributed by atoms with Gasteiger partial charge in [-0.05, 0) is 24.3 Å². The summed E-state index contributed by atoms with van der Waals surface area (Å²) >= 11 is 0. The highest BCUT2D eigenvalue weighted by Gasteiger charge is 2.36. The van der Waals surface area contributed by atoms with Gasteiger partial charge in [-0.2, -0.15) is 0 Å². The summed E-state index contributed by atoms with van der Waals surface area (Å²) in [6.45, 7) is 2.12. The first-order valence-corrected chi connectivity index (χ1v) is 10.2. The van der Waals surface area contributed by atoms with E-state index in [2.05, 4.69) is 0 Å². The molecule has 0 aliphatic carbocycles. The van der Waals surface area contributed by atoms with Crippen molar-refractivity contribution in [1.29, 1.82) is 0 Å². The molecule has 2 amide bonds. The molecule has 5 heteroatoms. The molecule has 0 radical (unpaired) electrons. The molecule has 0 aromatic heterocycles. The van der Waals surface area contributed by atoms with Crippen molar-refractivity contribution < 1.29 is 14.3 Å². The van der Waals surface area contributed by atoms with E-state index in [1.165, 1.54) is 0 Å². The molecule has 0 bridgehead atoms. The van der Waals surface area contributed by atoms with Crippen molar-refractivity contribution in [2.45, 2.75) is 5.92 Å². The van der Waals surface area contributed by atoms with Gasteiger partial charge in [0, 0.05) is 42.9 Å². The molecule has 30 heavy (non-hydrogen) atoms. The van der Waals surface area contributed by atoms with E-state index in [0.717, 1.165) is 22.6 Å². The first-order valence-electron chi connectivity index (χ1n) is 10.2. The Morgan fingerprint density at radius 1 is 0.667 bits per heavy atom. The molecule has 5 nitrogen and oxygen atoms in total. The van der Waals surface area contributed by atoms with E-state index in [0.29, 0.717) is 31.7 Å². The van der Waals surface area contributed by atoms with Gasteiger partial charge in [-0.3, -0.25) is 9.59 Å². The highest BCUT2D eigenvalue weighted by Crippen LogP contribution is 2.44. The molecular weight excluding hydrogens is 376 g/mol. The van der Waals surface area contributed by atoms with Gasteiger partial charge in [0.1, 0.15) is 11.5 Å². The number of amides is 2. The lowest BCUT2D eigenvalue weighted by Crippen LogP contribution is -2.51. The zero-order valence-electron chi connectivity index (χ0n) is 16.5. The molecule has 0 spiro atoms. The van der Waals surface area contributed by atoms with Crippen LogP contribution in [0.25, 0.3) is 0 Å². The topological polar surface area (TPSA) is 49.9 Å². The average molecular weight is 398 g/mol. The molecule has 0 unspecified atom stereocenters. The summed E-state index contributed by atoms with van der Waals surface area (Å²) in [5.74, 6) is 1.15. The number of carbonyl (C=O) groups is 2. The largest absolute Gasteiger partial charge is 0.457 e. The van der Waals surface area contributed by atoms with Gasteiger partial charge in [-0.1, -0.05) is 54.6 Å². The second-order valence-electron chi connectivity index (χ2n) is 7.59. The summed E-state index contributed by atoms with van der Waals surface area (Å²) in [5.41, 5.74) is 2.47. The van der Waals surface area contributed by atoms with E-state index in [1.807, 2.05) is 88.7 Å². The Balaban J connectivity index is 1.36. The van der Waals surface area contributed by atoms with Crippen LogP contribution < -0.4 is 4.74 Å². The second-order valence-corrected chi connectivity index (χ2v) is 7.59. The molecule has 3 aromatic carbocycles. The van der Waals surface area contributed by atoms with Gasteiger partial charge >= 0.3 is 0 Å². The number of nitrogens with zero attached hydrogens (tertiary/aromatic N) is 2. The zero-order chi connectivity index (χ0) is 20.5. The smallest absolute Gasteiger partial charge is 0.253 e. The maximum Gasteiger partial charge on any atom is 0.253 e. The van der Waals surface area contributed by atoms with Crippen LogP contribution in [-0.4, -0.2) is 47.8 Å². The second kappa shape index (κ2) is 7.67. The minimum Gasteiger partial charge on any atom is -0.457 e. The van der Waals surface area contributed by atoms with Gasteiger partial charge in [0.05, 0.1) is 5.92 Å². The fraction of sp³-hybridized carbons (Fsp3) is 0.200. The van der Waals surface area contributed by atoms with Gasteiger partial charge < -0.3 is 14.5 Å². The Hall–Kier alpha value is -3.60. The number of benzene rings is 3. The van der Waals surface area contributed by atoms with Crippen LogP contribution in [0.4, 0.5) is 0 Å². The molecule has 1 saturated heterocycles. The third-order valence-corrected chi connectivity index (χ3v) is 5.83. The molecular formula is C25H22N2O3. The fourth-order valence-electron chi connectivity index (χ4n) is 4.25. The van der Waals surface area contributed by atoms with Crippen LogP contribution in [0.3, 0.4) is 0 Å². The quantitative estimate of drug-likeness (QED) is 0.658. The van der Waals surface area contributed by atoms with E-state index in [9.17, 15) is 9.59 Å². The van der Waals surface area contributed by atoms with Crippen LogP contribution in [0.2, 0.25) is 0 Å². The summed E-state index contributed by atoms with van der Waals surface area (Å²) in [6, 6.07) is 24.7. The Morgan fingerprint density at radius 3 is 1.77 bits per heavy atom. The van der Waals surface area contributed by atoms with Gasteiger partial charge in [0.15, 0.2) is 0 Å². The van der Waals surface area contributed by atoms with E-state index in [4.69, 9.17) is 4.74 Å². The lowest BCUT2D eigenvalue weighted by Gasteiger charge is -2.38. The molecule has 0 N–H and O–H groups in total. The van der Waals surface area contributed by atoms with E-state index >= 15 is 0 Å². The summed E-state index contributed by atoms with van der Waals surface area (Å²) in [5, 5.41) is 0. The third-order valence-electron chi connectivity index (χ3n) is 5.83. The number of carbonyl (C=O) groups excluding carboxylic acids is 2. The molecule has 2 aliphatic heterocycles. The molecule has 0 saturated carbocycles. The average Bonchev–Trinajstić information content (AvgIpc) is 2.82. The number of hydrogen-bond acceptors (Lipinski definition) is 3. The van der Waals surface area contributed by atoms with Gasteiger partial charge in [-0.25, -0.2) is 0 Å². The van der Waals surface area contributed by atoms with Gasteiger partial charge in [-0.15, -0.1) is 0 Å². The van der Waals surface area contributed by atoms with Crippen molar-refractivity contribution in [2.24, 2.45) is 0 Å². The highest BCUT2D eigenvalue weighted by atomic mass is 16.5. The maximum atomic E-state index is 13.6. The van der Waals surface area contributed by atoms with Crippen molar-refractivity contribution in [3.63, 3.8) is 0 Å². The predicted molar refractivity (Wildman–Crippen MR) is 114 cm³/mol. The maximum absolute atomic E-state index is 13.6. The number of piperazine rings is 1. The van der Waals surface area contributed by atoms with Crippen molar-refractivity contribution in [1.82, 2.24) is 9.80 Å². The van der Waals surface area contributed by atoms with Crippen LogP contribution in [0, 0.1) is 0 Å². The van der Waals surface area contributed by atoms with Crippen molar-refractivity contribution in [3.8, 4) is 11.5 Å². The van der Waals surface area contributed by atoms with Crippen LogP contribution in [0.1, 0.15) is 27.4 Å². The third kappa shape index (κ3) is 3.22. The van der Waals surface area contributed by atoms with Crippen molar-refractivity contribution in [3.05, 3.63) is 95.6 Å². The zero-order valence-corrected chi connectivity index (χ0v) is 16.5. The number of para-hydroxylation sites is 2. The number of rotatable bonds is 2. The van der Waals surface area contributed by atoms with E-state index in [1.54, 1.807) is 0 Å². The van der Waals surface area contributed by atoms with Crippen molar-refractivity contribution >= 4 is 11.8 Å².